The van der Waals surface area contributed by atoms with Gasteiger partial charge in [-0.2, -0.15) is 0 Å². The van der Waals surface area contributed by atoms with E-state index in [4.69, 9.17) is 4.42 Å². The van der Waals surface area contributed by atoms with Gasteiger partial charge in [0, 0.05) is 12.1 Å². The molecule has 3 rings (SSSR count). The van der Waals surface area contributed by atoms with E-state index in [1.807, 2.05) is 50.2 Å². The van der Waals surface area contributed by atoms with Crippen molar-refractivity contribution < 1.29 is 9.21 Å². The van der Waals surface area contributed by atoms with E-state index in [0.717, 1.165) is 11.1 Å². The fourth-order valence-electron chi connectivity index (χ4n) is 2.73. The third-order valence-corrected chi connectivity index (χ3v) is 5.57. The lowest BCUT2D eigenvalue weighted by Crippen LogP contribution is -2.30. The molecule has 29 heavy (non-hydrogen) atoms. The molecule has 6 heteroatoms. The van der Waals surface area contributed by atoms with Gasteiger partial charge in [0.2, 0.25) is 11.8 Å². The van der Waals surface area contributed by atoms with Crippen molar-refractivity contribution in [3.63, 3.8) is 0 Å². The highest BCUT2D eigenvalue weighted by Crippen LogP contribution is 2.28. The second kappa shape index (κ2) is 8.82. The van der Waals surface area contributed by atoms with Gasteiger partial charge in [0.25, 0.3) is 5.22 Å². The summed E-state index contributed by atoms with van der Waals surface area (Å²) in [6.45, 7) is 10.9. The SMILES string of the molecule is Cc1ccc(CNC(=O)C(C)Sc2nnc(-c3ccc(C(C)(C)C)cc3)o2)cc1. The number of carbonyl (C=O) groups is 1. The lowest BCUT2D eigenvalue weighted by atomic mass is 9.87. The molecule has 0 radical (unpaired) electrons. The second-order valence-corrected chi connectivity index (χ2v) is 9.46. The molecule has 1 aromatic heterocycles. The average molecular weight is 410 g/mol. The second-order valence-electron chi connectivity index (χ2n) is 8.16. The Kier molecular flexibility index (Phi) is 6.42. The largest absolute Gasteiger partial charge is 0.411 e. The standard InChI is InChI=1S/C23H27N3O2S/c1-15-6-8-17(9-7-15)14-24-20(27)16(2)29-22-26-25-21(28-22)18-10-12-19(13-11-18)23(3,4)5/h6-13,16H,14H2,1-5H3,(H,24,27). The first-order valence-corrected chi connectivity index (χ1v) is 10.5. The minimum atomic E-state index is -0.336. The van der Waals surface area contributed by atoms with Crippen molar-refractivity contribution in [2.24, 2.45) is 0 Å². The van der Waals surface area contributed by atoms with Gasteiger partial charge in [-0.05, 0) is 42.5 Å². The van der Waals surface area contributed by atoms with Gasteiger partial charge in [-0.15, -0.1) is 10.2 Å². The van der Waals surface area contributed by atoms with Gasteiger partial charge < -0.3 is 9.73 Å². The maximum Gasteiger partial charge on any atom is 0.277 e. The number of benzene rings is 2. The Morgan fingerprint density at radius 1 is 1.07 bits per heavy atom. The number of aryl methyl sites for hydroxylation is 1. The summed E-state index contributed by atoms with van der Waals surface area (Å²) in [6, 6.07) is 16.2. The van der Waals surface area contributed by atoms with E-state index in [9.17, 15) is 4.79 Å². The minimum Gasteiger partial charge on any atom is -0.411 e. The number of aromatic nitrogens is 2. The van der Waals surface area contributed by atoms with Crippen molar-refractivity contribution in [2.75, 3.05) is 0 Å². The van der Waals surface area contributed by atoms with Crippen LogP contribution >= 0.6 is 11.8 Å². The van der Waals surface area contributed by atoms with Crippen LogP contribution in [-0.2, 0) is 16.8 Å². The summed E-state index contributed by atoms with van der Waals surface area (Å²) in [6.07, 6.45) is 0. The first-order valence-electron chi connectivity index (χ1n) is 9.67. The van der Waals surface area contributed by atoms with E-state index in [1.54, 1.807) is 0 Å². The predicted octanol–water partition coefficient (Wildman–Crippen LogP) is 5.14. The van der Waals surface area contributed by atoms with E-state index >= 15 is 0 Å². The Bertz CT molecular complexity index is 957. The van der Waals surface area contributed by atoms with Crippen LogP contribution in [0.15, 0.2) is 58.2 Å². The van der Waals surface area contributed by atoms with Crippen LogP contribution in [0.25, 0.3) is 11.5 Å². The number of rotatable bonds is 6. The molecular weight excluding hydrogens is 382 g/mol. The van der Waals surface area contributed by atoms with Gasteiger partial charge >= 0.3 is 0 Å². The highest BCUT2D eigenvalue weighted by molar-refractivity contribution is 8.00. The van der Waals surface area contributed by atoms with Gasteiger partial charge in [-0.1, -0.05) is 74.5 Å². The Labute approximate surface area is 176 Å². The fourth-order valence-corrected chi connectivity index (χ4v) is 3.44. The smallest absolute Gasteiger partial charge is 0.277 e. The maximum atomic E-state index is 12.4. The molecule has 2 aromatic carbocycles. The van der Waals surface area contributed by atoms with E-state index < -0.39 is 0 Å². The molecule has 0 saturated heterocycles. The summed E-state index contributed by atoms with van der Waals surface area (Å²) in [5.74, 6) is 0.394. The molecule has 3 aromatic rings. The predicted molar refractivity (Wildman–Crippen MR) is 117 cm³/mol. The third kappa shape index (κ3) is 5.70. The molecule has 0 saturated carbocycles. The summed E-state index contributed by atoms with van der Waals surface area (Å²) >= 11 is 1.26. The Hall–Kier alpha value is -2.60. The molecular formula is C23H27N3O2S. The van der Waals surface area contributed by atoms with Crippen LogP contribution < -0.4 is 5.32 Å². The first kappa shape index (κ1) is 21.1. The molecule has 0 aliphatic heterocycles. The molecule has 152 valence electrons. The molecule has 0 aliphatic carbocycles. The number of thioether (sulfide) groups is 1. The molecule has 1 heterocycles. The van der Waals surface area contributed by atoms with Crippen molar-refractivity contribution in [3.05, 3.63) is 65.2 Å². The first-order chi connectivity index (χ1) is 13.7. The fraction of sp³-hybridized carbons (Fsp3) is 0.348. The van der Waals surface area contributed by atoms with E-state index in [-0.39, 0.29) is 16.6 Å². The van der Waals surface area contributed by atoms with E-state index in [1.165, 1.54) is 22.9 Å². The molecule has 1 N–H and O–H groups in total. The number of hydrogen-bond donors (Lipinski definition) is 1. The van der Waals surface area contributed by atoms with Gasteiger partial charge in [0.1, 0.15) is 0 Å². The van der Waals surface area contributed by atoms with Crippen molar-refractivity contribution in [2.45, 2.75) is 57.1 Å². The number of hydrogen-bond acceptors (Lipinski definition) is 5. The molecule has 0 aliphatic rings. The minimum absolute atomic E-state index is 0.0649. The summed E-state index contributed by atoms with van der Waals surface area (Å²) in [5.41, 5.74) is 4.47. The zero-order valence-electron chi connectivity index (χ0n) is 17.5. The zero-order valence-corrected chi connectivity index (χ0v) is 18.3. The summed E-state index contributed by atoms with van der Waals surface area (Å²) in [7, 11) is 0. The van der Waals surface area contributed by atoms with Gasteiger partial charge in [0.05, 0.1) is 5.25 Å². The lowest BCUT2D eigenvalue weighted by molar-refractivity contribution is -0.120. The van der Waals surface area contributed by atoms with Crippen LogP contribution in [-0.4, -0.2) is 21.4 Å². The molecule has 0 bridgehead atoms. The number of carbonyl (C=O) groups excluding carboxylic acids is 1. The highest BCUT2D eigenvalue weighted by atomic mass is 32.2. The molecule has 0 fully saturated rings. The average Bonchev–Trinajstić information content (AvgIpc) is 3.15. The van der Waals surface area contributed by atoms with Gasteiger partial charge in [-0.3, -0.25) is 4.79 Å². The van der Waals surface area contributed by atoms with Crippen LogP contribution in [0.4, 0.5) is 0 Å². The van der Waals surface area contributed by atoms with Gasteiger partial charge in [0.15, 0.2) is 0 Å². The van der Waals surface area contributed by atoms with Crippen molar-refractivity contribution in [1.82, 2.24) is 15.5 Å². The molecule has 0 spiro atoms. The third-order valence-electron chi connectivity index (χ3n) is 4.64. The van der Waals surface area contributed by atoms with E-state index in [0.29, 0.717) is 17.7 Å². The summed E-state index contributed by atoms with van der Waals surface area (Å²) < 4.78 is 5.75. The summed E-state index contributed by atoms with van der Waals surface area (Å²) in [5, 5.41) is 11.2. The number of nitrogens with zero attached hydrogens (tertiary/aromatic N) is 2. The molecule has 1 unspecified atom stereocenters. The quantitative estimate of drug-likeness (QED) is 0.571. The zero-order chi connectivity index (χ0) is 21.0. The highest BCUT2D eigenvalue weighted by Gasteiger charge is 2.19. The van der Waals surface area contributed by atoms with Crippen LogP contribution in [0.2, 0.25) is 0 Å². The number of nitrogens with one attached hydrogen (secondary N) is 1. The van der Waals surface area contributed by atoms with E-state index in [2.05, 4.69) is 48.4 Å². The lowest BCUT2D eigenvalue weighted by Gasteiger charge is -2.18. The van der Waals surface area contributed by atoms with Crippen molar-refractivity contribution in [3.8, 4) is 11.5 Å². The molecule has 1 atom stereocenters. The van der Waals surface area contributed by atoms with Crippen molar-refractivity contribution >= 4 is 17.7 Å². The monoisotopic (exact) mass is 409 g/mol. The van der Waals surface area contributed by atoms with Crippen LogP contribution in [0.3, 0.4) is 0 Å². The number of amides is 1. The summed E-state index contributed by atoms with van der Waals surface area (Å²) in [4.78, 5) is 12.4. The maximum absolute atomic E-state index is 12.4. The Morgan fingerprint density at radius 2 is 1.72 bits per heavy atom. The van der Waals surface area contributed by atoms with Gasteiger partial charge in [-0.25, -0.2) is 0 Å². The van der Waals surface area contributed by atoms with Crippen LogP contribution in [0.5, 0.6) is 0 Å². The Morgan fingerprint density at radius 3 is 2.34 bits per heavy atom. The van der Waals surface area contributed by atoms with Crippen molar-refractivity contribution in [1.29, 1.82) is 0 Å². The van der Waals surface area contributed by atoms with Crippen LogP contribution in [0.1, 0.15) is 44.4 Å². The van der Waals surface area contributed by atoms with Crippen LogP contribution in [0, 0.1) is 6.92 Å². The molecule has 5 nitrogen and oxygen atoms in total. The molecule has 1 amide bonds. The topological polar surface area (TPSA) is 68.0 Å². The Balaban J connectivity index is 1.57. The normalized spacial score (nSPS) is 12.6.